The second kappa shape index (κ2) is 8.48. The second-order valence-electron chi connectivity index (χ2n) is 3.91. The van der Waals surface area contributed by atoms with Gasteiger partial charge in [0.1, 0.15) is 5.75 Å². The molecular formula is C15H15NO4. The number of esters is 2. The number of carbonyl (C=O) groups is 2. The van der Waals surface area contributed by atoms with Crippen LogP contribution in [-0.4, -0.2) is 18.5 Å². The number of hydrogen-bond acceptors (Lipinski definition) is 5. The number of carbonyl (C=O) groups excluding carboxylic acids is 2. The fourth-order valence-electron chi connectivity index (χ4n) is 1.25. The molecule has 1 aromatic carbocycles. The van der Waals surface area contributed by atoms with Crippen LogP contribution in [0.2, 0.25) is 0 Å². The van der Waals surface area contributed by atoms with Gasteiger partial charge >= 0.3 is 11.9 Å². The molecule has 0 N–H and O–H groups in total. The molecule has 104 valence electrons. The van der Waals surface area contributed by atoms with Crippen LogP contribution in [0.1, 0.15) is 25.3 Å². The van der Waals surface area contributed by atoms with Gasteiger partial charge in [0, 0.05) is 12.2 Å². The monoisotopic (exact) mass is 273 g/mol. The summed E-state index contributed by atoms with van der Waals surface area (Å²) in [6.45, 7) is 2.32. The van der Waals surface area contributed by atoms with Crippen LogP contribution in [0.5, 0.6) is 5.75 Å². The summed E-state index contributed by atoms with van der Waals surface area (Å²) in [5.74, 6) is -0.949. The molecule has 20 heavy (non-hydrogen) atoms. The Labute approximate surface area is 117 Å². The van der Waals surface area contributed by atoms with Gasteiger partial charge in [0.05, 0.1) is 18.2 Å². The Balaban J connectivity index is 2.42. The molecule has 0 aromatic heterocycles. The van der Waals surface area contributed by atoms with E-state index >= 15 is 0 Å². The normalized spacial score (nSPS) is 10.0. The van der Waals surface area contributed by atoms with Crippen molar-refractivity contribution in [2.24, 2.45) is 0 Å². The molecule has 0 atom stereocenters. The first-order valence-electron chi connectivity index (χ1n) is 6.22. The van der Waals surface area contributed by atoms with Crippen molar-refractivity contribution < 1.29 is 19.1 Å². The Kier molecular flexibility index (Phi) is 6.55. The first-order chi connectivity index (χ1) is 9.65. The number of hydrogen-bond donors (Lipinski definition) is 0. The molecule has 0 saturated heterocycles. The first-order valence-corrected chi connectivity index (χ1v) is 6.22. The summed E-state index contributed by atoms with van der Waals surface area (Å²) in [5, 5.41) is 8.62. The number of ether oxygens (including phenoxy) is 2. The number of rotatable bonds is 6. The highest BCUT2D eigenvalue weighted by Crippen LogP contribution is 2.11. The van der Waals surface area contributed by atoms with Crippen molar-refractivity contribution in [1.29, 1.82) is 5.26 Å². The first kappa shape index (κ1) is 15.4. The second-order valence-corrected chi connectivity index (χ2v) is 3.91. The number of nitrogens with zero attached hydrogens (tertiary/aromatic N) is 1. The standard InChI is InChI=1S/C15H15NO4/c1-2-3-10-19-14(17)8-9-15(18)20-13-6-4-12(11-16)5-7-13/h4-9H,2-3,10H2,1H3/b9-8+. The zero-order chi connectivity index (χ0) is 14.8. The lowest BCUT2D eigenvalue weighted by Gasteiger charge is -2.01. The molecule has 0 bridgehead atoms. The highest BCUT2D eigenvalue weighted by atomic mass is 16.5. The van der Waals surface area contributed by atoms with Gasteiger partial charge in [0.25, 0.3) is 0 Å². The molecule has 0 fully saturated rings. The Morgan fingerprint density at radius 3 is 2.45 bits per heavy atom. The fourth-order valence-corrected chi connectivity index (χ4v) is 1.25. The average Bonchev–Trinajstić information content (AvgIpc) is 2.46. The summed E-state index contributed by atoms with van der Waals surface area (Å²) in [7, 11) is 0. The summed E-state index contributed by atoms with van der Waals surface area (Å²) in [5.41, 5.74) is 0.472. The topological polar surface area (TPSA) is 76.4 Å². The predicted molar refractivity (Wildman–Crippen MR) is 71.8 cm³/mol. The van der Waals surface area contributed by atoms with E-state index in [0.717, 1.165) is 25.0 Å². The summed E-state index contributed by atoms with van der Waals surface area (Å²) >= 11 is 0. The van der Waals surface area contributed by atoms with Gasteiger partial charge in [-0.3, -0.25) is 0 Å². The van der Waals surface area contributed by atoms with Gasteiger partial charge in [0.15, 0.2) is 0 Å². The highest BCUT2D eigenvalue weighted by Gasteiger charge is 2.03. The van der Waals surface area contributed by atoms with Crippen LogP contribution in [0.25, 0.3) is 0 Å². The van der Waals surface area contributed by atoms with Crippen LogP contribution in [0.3, 0.4) is 0 Å². The van der Waals surface area contributed by atoms with Gasteiger partial charge in [-0.2, -0.15) is 5.26 Å². The molecule has 0 saturated carbocycles. The van der Waals surface area contributed by atoms with E-state index < -0.39 is 11.9 Å². The van der Waals surface area contributed by atoms with E-state index in [4.69, 9.17) is 14.7 Å². The molecule has 0 aliphatic rings. The molecule has 0 heterocycles. The maximum absolute atomic E-state index is 11.4. The maximum Gasteiger partial charge on any atom is 0.336 e. The van der Waals surface area contributed by atoms with Gasteiger partial charge in [-0.15, -0.1) is 0 Å². The van der Waals surface area contributed by atoms with E-state index in [1.54, 1.807) is 0 Å². The summed E-state index contributed by atoms with van der Waals surface area (Å²) in [4.78, 5) is 22.6. The minimum atomic E-state index is -0.679. The molecule has 5 heteroatoms. The summed E-state index contributed by atoms with van der Waals surface area (Å²) in [6, 6.07) is 8.03. The van der Waals surface area contributed by atoms with E-state index in [1.165, 1.54) is 24.3 Å². The smallest absolute Gasteiger partial charge is 0.336 e. The largest absolute Gasteiger partial charge is 0.463 e. The molecule has 0 radical (unpaired) electrons. The van der Waals surface area contributed by atoms with Crippen LogP contribution in [0.15, 0.2) is 36.4 Å². The third kappa shape index (κ3) is 5.83. The Morgan fingerprint density at radius 1 is 1.20 bits per heavy atom. The quantitative estimate of drug-likeness (QED) is 0.344. The third-order valence-corrected chi connectivity index (χ3v) is 2.30. The van der Waals surface area contributed by atoms with E-state index in [1.807, 2.05) is 13.0 Å². The molecule has 0 aliphatic carbocycles. The van der Waals surface area contributed by atoms with E-state index in [0.29, 0.717) is 17.9 Å². The lowest BCUT2D eigenvalue weighted by Crippen LogP contribution is -2.07. The molecule has 0 aliphatic heterocycles. The van der Waals surface area contributed by atoms with Crippen LogP contribution < -0.4 is 4.74 Å². The number of benzene rings is 1. The van der Waals surface area contributed by atoms with Crippen molar-refractivity contribution in [3.8, 4) is 11.8 Å². The zero-order valence-corrected chi connectivity index (χ0v) is 11.2. The van der Waals surface area contributed by atoms with Gasteiger partial charge in [-0.05, 0) is 30.7 Å². The van der Waals surface area contributed by atoms with Crippen LogP contribution >= 0.6 is 0 Å². The van der Waals surface area contributed by atoms with Crippen molar-refractivity contribution in [1.82, 2.24) is 0 Å². The minimum absolute atomic E-state index is 0.304. The number of nitriles is 1. The Hall–Kier alpha value is -2.61. The van der Waals surface area contributed by atoms with Gasteiger partial charge in [0.2, 0.25) is 0 Å². The molecule has 0 spiro atoms. The van der Waals surface area contributed by atoms with E-state index in [9.17, 15) is 9.59 Å². The van der Waals surface area contributed by atoms with Crippen molar-refractivity contribution in [3.63, 3.8) is 0 Å². The van der Waals surface area contributed by atoms with Crippen molar-refractivity contribution in [2.45, 2.75) is 19.8 Å². The maximum atomic E-state index is 11.4. The lowest BCUT2D eigenvalue weighted by atomic mass is 10.2. The van der Waals surface area contributed by atoms with Gasteiger partial charge < -0.3 is 9.47 Å². The molecule has 5 nitrogen and oxygen atoms in total. The van der Waals surface area contributed by atoms with Crippen molar-refractivity contribution >= 4 is 11.9 Å². The zero-order valence-electron chi connectivity index (χ0n) is 11.2. The SMILES string of the molecule is CCCCOC(=O)/C=C/C(=O)Oc1ccc(C#N)cc1. The van der Waals surface area contributed by atoms with E-state index in [-0.39, 0.29) is 0 Å². The Bertz CT molecular complexity index is 526. The predicted octanol–water partition coefficient (Wildman–Crippen LogP) is 2.36. The summed E-state index contributed by atoms with van der Waals surface area (Å²) < 4.78 is 9.79. The number of unbranched alkanes of at least 4 members (excludes halogenated alkanes) is 1. The summed E-state index contributed by atoms with van der Waals surface area (Å²) in [6.07, 6.45) is 3.75. The van der Waals surface area contributed by atoms with E-state index in [2.05, 4.69) is 0 Å². The van der Waals surface area contributed by atoms with Gasteiger partial charge in [-0.25, -0.2) is 9.59 Å². The molecule has 1 aromatic rings. The van der Waals surface area contributed by atoms with Crippen molar-refractivity contribution in [2.75, 3.05) is 6.61 Å². The average molecular weight is 273 g/mol. The van der Waals surface area contributed by atoms with Crippen LogP contribution in [-0.2, 0) is 14.3 Å². The van der Waals surface area contributed by atoms with Crippen LogP contribution in [0, 0.1) is 11.3 Å². The third-order valence-electron chi connectivity index (χ3n) is 2.30. The van der Waals surface area contributed by atoms with Crippen LogP contribution in [0.4, 0.5) is 0 Å². The highest BCUT2D eigenvalue weighted by molar-refractivity contribution is 5.92. The molecular weight excluding hydrogens is 258 g/mol. The van der Waals surface area contributed by atoms with Crippen molar-refractivity contribution in [3.05, 3.63) is 42.0 Å². The Morgan fingerprint density at radius 2 is 1.85 bits per heavy atom. The van der Waals surface area contributed by atoms with Gasteiger partial charge in [-0.1, -0.05) is 13.3 Å². The minimum Gasteiger partial charge on any atom is -0.463 e. The molecule has 0 unspecified atom stereocenters. The lowest BCUT2D eigenvalue weighted by molar-refractivity contribution is -0.138. The molecule has 0 amide bonds. The fraction of sp³-hybridized carbons (Fsp3) is 0.267. The molecule has 1 rings (SSSR count).